The highest BCUT2D eigenvalue weighted by atomic mass is 16.4. The van der Waals surface area contributed by atoms with Gasteiger partial charge in [0.2, 0.25) is 5.91 Å². The molecule has 10 nitrogen and oxygen atoms in total. The Morgan fingerprint density at radius 3 is 2.05 bits per heavy atom. The van der Waals surface area contributed by atoms with Crippen LogP contribution in [0.25, 0.3) is 0 Å². The number of nitrogens with two attached hydrogens (primary N) is 1. The third-order valence-corrected chi connectivity index (χ3v) is 2.91. The quantitative estimate of drug-likeness (QED) is 0.208. The highest BCUT2D eigenvalue weighted by Crippen LogP contribution is 2.11. The molecule has 1 amide bonds. The fourth-order valence-corrected chi connectivity index (χ4v) is 1.73. The molecular formula is C11H22N2O8. The smallest absolute Gasteiger partial charge is 0.332 e. The third kappa shape index (κ3) is 6.33. The number of carboxylic acids is 1. The number of aliphatic hydroxyl groups is 5. The molecule has 0 aliphatic carbocycles. The number of hydrogen-bond acceptors (Lipinski definition) is 8. The molecule has 21 heavy (non-hydrogen) atoms. The van der Waals surface area contributed by atoms with Crippen molar-refractivity contribution in [3.63, 3.8) is 0 Å². The number of aliphatic hydroxyl groups excluding tert-OH is 5. The summed E-state index contributed by atoms with van der Waals surface area (Å²) in [6, 6.07) is -2.54. The van der Waals surface area contributed by atoms with E-state index in [0.29, 0.717) is 0 Å². The Labute approximate surface area is 120 Å². The van der Waals surface area contributed by atoms with Gasteiger partial charge in [-0.1, -0.05) is 0 Å². The van der Waals surface area contributed by atoms with Crippen LogP contribution in [0, 0.1) is 0 Å². The summed E-state index contributed by atoms with van der Waals surface area (Å²) < 4.78 is 0. The van der Waals surface area contributed by atoms with E-state index in [2.05, 4.69) is 5.32 Å². The van der Waals surface area contributed by atoms with E-state index in [1.165, 1.54) is 0 Å². The number of hydrogen-bond donors (Lipinski definition) is 8. The van der Waals surface area contributed by atoms with Crippen LogP contribution in [0.2, 0.25) is 0 Å². The monoisotopic (exact) mass is 310 g/mol. The van der Waals surface area contributed by atoms with Gasteiger partial charge in [0.1, 0.15) is 18.3 Å². The van der Waals surface area contributed by atoms with Crippen molar-refractivity contribution in [1.82, 2.24) is 5.32 Å². The van der Waals surface area contributed by atoms with Gasteiger partial charge in [-0.15, -0.1) is 0 Å². The topological polar surface area (TPSA) is 194 Å². The molecule has 0 aromatic carbocycles. The molecule has 0 aromatic rings. The molecule has 0 heterocycles. The lowest BCUT2D eigenvalue weighted by molar-refractivity contribution is -0.147. The maximum absolute atomic E-state index is 11.1. The highest BCUT2D eigenvalue weighted by Gasteiger charge is 2.36. The number of carbonyl (C=O) groups excluding carboxylic acids is 1. The van der Waals surface area contributed by atoms with Crippen molar-refractivity contribution in [3.8, 4) is 0 Å². The molecule has 124 valence electrons. The van der Waals surface area contributed by atoms with Gasteiger partial charge in [0.05, 0.1) is 12.6 Å². The number of amides is 1. The molecule has 0 rings (SSSR count). The van der Waals surface area contributed by atoms with Gasteiger partial charge in [0.25, 0.3) is 0 Å². The molecule has 0 aliphatic rings. The average Bonchev–Trinajstić information content (AvgIpc) is 2.41. The van der Waals surface area contributed by atoms with Crippen LogP contribution in [-0.2, 0) is 9.59 Å². The lowest BCUT2D eigenvalue weighted by atomic mass is 9.92. The summed E-state index contributed by atoms with van der Waals surface area (Å²) in [6.07, 6.45) is -7.58. The Morgan fingerprint density at radius 1 is 1.14 bits per heavy atom. The Kier molecular flexibility index (Phi) is 8.32. The maximum atomic E-state index is 11.1. The van der Waals surface area contributed by atoms with Crippen LogP contribution < -0.4 is 11.1 Å². The molecule has 0 radical (unpaired) electrons. The molecule has 6 atom stereocenters. The Hall–Kier alpha value is -1.30. The van der Waals surface area contributed by atoms with E-state index in [4.69, 9.17) is 15.9 Å². The summed E-state index contributed by atoms with van der Waals surface area (Å²) >= 11 is 0. The largest absolute Gasteiger partial charge is 0.479 e. The first kappa shape index (κ1) is 19.7. The van der Waals surface area contributed by atoms with E-state index in [1.54, 1.807) is 0 Å². The van der Waals surface area contributed by atoms with Crippen molar-refractivity contribution in [2.45, 2.75) is 49.8 Å². The third-order valence-electron chi connectivity index (χ3n) is 2.91. The molecule has 0 saturated heterocycles. The summed E-state index contributed by atoms with van der Waals surface area (Å²) in [6.45, 7) is 0.271. The molecule has 0 spiro atoms. The van der Waals surface area contributed by atoms with Gasteiger partial charge >= 0.3 is 5.97 Å². The number of aliphatic carboxylic acids is 1. The second-order valence-corrected chi connectivity index (χ2v) is 4.71. The van der Waals surface area contributed by atoms with Crippen LogP contribution >= 0.6 is 0 Å². The standard InChI is InChI=1S/C11H22N2O8/c1-4(15)13-8(5(12)2-6(16)11(20)21)10(19)9(18)7(17)3-14/h5-10,14,16-19H,2-3,12H2,1H3,(H,13,15)(H,20,21)/t5-,6+,7-,8-,9-,10-/m1/s1. The molecule has 0 bridgehead atoms. The van der Waals surface area contributed by atoms with Crippen molar-refractivity contribution in [2.24, 2.45) is 5.73 Å². The number of rotatable bonds is 9. The Morgan fingerprint density at radius 2 is 1.67 bits per heavy atom. The van der Waals surface area contributed by atoms with Crippen molar-refractivity contribution < 1.29 is 40.2 Å². The maximum Gasteiger partial charge on any atom is 0.332 e. The zero-order valence-corrected chi connectivity index (χ0v) is 11.5. The minimum absolute atomic E-state index is 0.501. The first-order valence-corrected chi connectivity index (χ1v) is 6.20. The zero-order chi connectivity index (χ0) is 16.7. The van der Waals surface area contributed by atoms with E-state index >= 15 is 0 Å². The van der Waals surface area contributed by atoms with Crippen LogP contribution in [0.15, 0.2) is 0 Å². The first-order chi connectivity index (χ1) is 9.61. The molecule has 0 unspecified atom stereocenters. The van der Waals surface area contributed by atoms with Gasteiger partial charge in [0, 0.05) is 19.4 Å². The summed E-state index contributed by atoms with van der Waals surface area (Å²) in [4.78, 5) is 21.7. The highest BCUT2D eigenvalue weighted by molar-refractivity contribution is 5.73. The Balaban J connectivity index is 5.00. The summed E-state index contributed by atoms with van der Waals surface area (Å²) in [7, 11) is 0. The van der Waals surface area contributed by atoms with E-state index in [9.17, 15) is 30.0 Å². The lowest BCUT2D eigenvalue weighted by Gasteiger charge is -2.33. The minimum atomic E-state index is -1.82. The van der Waals surface area contributed by atoms with Gasteiger partial charge in [0.15, 0.2) is 6.10 Å². The van der Waals surface area contributed by atoms with Crippen LogP contribution in [0.3, 0.4) is 0 Å². The summed E-state index contributed by atoms with van der Waals surface area (Å²) in [5.41, 5.74) is 5.63. The van der Waals surface area contributed by atoms with Gasteiger partial charge in [-0.05, 0) is 0 Å². The fourth-order valence-electron chi connectivity index (χ4n) is 1.73. The summed E-state index contributed by atoms with van der Waals surface area (Å²) in [5.74, 6) is -2.15. The molecule has 0 fully saturated rings. The van der Waals surface area contributed by atoms with Gasteiger partial charge in [-0.2, -0.15) is 0 Å². The van der Waals surface area contributed by atoms with Crippen LogP contribution in [0.5, 0.6) is 0 Å². The van der Waals surface area contributed by atoms with Gasteiger partial charge in [-0.25, -0.2) is 4.79 Å². The lowest BCUT2D eigenvalue weighted by Crippen LogP contribution is -2.60. The van der Waals surface area contributed by atoms with Crippen LogP contribution in [0.4, 0.5) is 0 Å². The predicted octanol–water partition coefficient (Wildman–Crippen LogP) is -4.27. The Bertz CT molecular complexity index is 353. The molecule has 0 aromatic heterocycles. The van der Waals surface area contributed by atoms with Crippen molar-refractivity contribution in [1.29, 1.82) is 0 Å². The number of carbonyl (C=O) groups is 2. The van der Waals surface area contributed by atoms with Gasteiger partial charge in [-0.3, -0.25) is 4.79 Å². The van der Waals surface area contributed by atoms with E-state index in [1.807, 2.05) is 0 Å². The number of nitrogens with one attached hydrogen (secondary N) is 1. The van der Waals surface area contributed by atoms with E-state index < -0.39 is 61.4 Å². The van der Waals surface area contributed by atoms with Crippen molar-refractivity contribution in [2.75, 3.05) is 6.61 Å². The van der Waals surface area contributed by atoms with Crippen molar-refractivity contribution in [3.05, 3.63) is 0 Å². The second-order valence-electron chi connectivity index (χ2n) is 4.71. The van der Waals surface area contributed by atoms with Gasteiger partial charge < -0.3 is 41.7 Å². The second kappa shape index (κ2) is 8.87. The normalized spacial score (nSPS) is 20.0. The predicted molar refractivity (Wildman–Crippen MR) is 68.9 cm³/mol. The number of carboxylic acid groups (broad SMARTS) is 1. The van der Waals surface area contributed by atoms with Crippen LogP contribution in [-0.4, -0.2) is 85.6 Å². The first-order valence-electron chi connectivity index (χ1n) is 6.20. The molecule has 0 saturated carbocycles. The average molecular weight is 310 g/mol. The zero-order valence-electron chi connectivity index (χ0n) is 11.5. The van der Waals surface area contributed by atoms with Crippen molar-refractivity contribution >= 4 is 11.9 Å². The van der Waals surface area contributed by atoms with E-state index in [0.717, 1.165) is 6.92 Å². The van der Waals surface area contributed by atoms with E-state index in [-0.39, 0.29) is 0 Å². The SMILES string of the molecule is CC(=O)N[C@@H]([C@@H](O)[C@H](O)[C@H](O)CO)[C@H](N)C[C@H](O)C(=O)O. The fraction of sp³-hybridized carbons (Fsp3) is 0.818. The van der Waals surface area contributed by atoms with Crippen LogP contribution in [0.1, 0.15) is 13.3 Å². The molecule has 10 heteroatoms. The summed E-state index contributed by atoms with van der Waals surface area (Å²) in [5, 5.41) is 57.5. The molecule has 9 N–H and O–H groups in total. The minimum Gasteiger partial charge on any atom is -0.479 e. The molecular weight excluding hydrogens is 288 g/mol. The molecule has 0 aliphatic heterocycles.